The van der Waals surface area contributed by atoms with Crippen LogP contribution in [0.5, 0.6) is 0 Å². The molecule has 0 saturated heterocycles. The predicted molar refractivity (Wildman–Crippen MR) is 76.8 cm³/mol. The van der Waals surface area contributed by atoms with Crippen molar-refractivity contribution >= 4 is 21.4 Å². The van der Waals surface area contributed by atoms with Gasteiger partial charge in [0, 0.05) is 11.4 Å². The lowest BCUT2D eigenvalue weighted by molar-refractivity contribution is 0.578. The van der Waals surface area contributed by atoms with Gasteiger partial charge in [-0.15, -0.1) is 11.3 Å². The fourth-order valence-corrected chi connectivity index (χ4v) is 4.30. The molecular weight excluding hydrogens is 299 g/mol. The molecule has 1 aromatic carbocycles. The van der Waals surface area contributed by atoms with Gasteiger partial charge in [-0.05, 0) is 44.0 Å². The molecule has 20 heavy (non-hydrogen) atoms. The highest BCUT2D eigenvalue weighted by Gasteiger charge is 2.20. The Hall–Kier alpha value is -1.31. The summed E-state index contributed by atoms with van der Waals surface area (Å²) in [5.74, 6) is -0.433. The molecule has 0 bridgehead atoms. The summed E-state index contributed by atoms with van der Waals surface area (Å²) in [5.41, 5.74) is 3.28. The van der Waals surface area contributed by atoms with E-state index in [4.69, 9.17) is 0 Å². The van der Waals surface area contributed by atoms with Gasteiger partial charge in [0.1, 0.15) is 5.82 Å². The molecule has 2 aromatic rings. The summed E-state index contributed by atoms with van der Waals surface area (Å²) in [6.45, 7) is 5.19. The van der Waals surface area contributed by atoms with Gasteiger partial charge in [-0.3, -0.25) is 0 Å². The highest BCUT2D eigenvalue weighted by Crippen LogP contribution is 2.22. The minimum absolute atomic E-state index is 0.140. The van der Waals surface area contributed by atoms with E-state index < -0.39 is 15.8 Å². The normalized spacial score (nSPS) is 11.8. The van der Waals surface area contributed by atoms with E-state index in [1.54, 1.807) is 19.4 Å². The highest BCUT2D eigenvalue weighted by molar-refractivity contribution is 7.89. The lowest BCUT2D eigenvalue weighted by Crippen LogP contribution is -2.24. The third-order valence-electron chi connectivity index (χ3n) is 2.96. The smallest absolute Gasteiger partial charge is 0.241 e. The number of halogens is 1. The van der Waals surface area contributed by atoms with E-state index in [0.29, 0.717) is 11.1 Å². The number of aryl methyl sites for hydroxylation is 3. The molecule has 0 aliphatic rings. The van der Waals surface area contributed by atoms with E-state index >= 15 is 0 Å². The first-order valence-corrected chi connectivity index (χ1v) is 8.33. The zero-order chi connectivity index (χ0) is 14.9. The highest BCUT2D eigenvalue weighted by atomic mass is 32.2. The number of thiazole rings is 1. The van der Waals surface area contributed by atoms with Crippen LogP contribution in [0, 0.1) is 26.6 Å². The Morgan fingerprint density at radius 3 is 2.35 bits per heavy atom. The summed E-state index contributed by atoms with van der Waals surface area (Å²) < 4.78 is 40.5. The van der Waals surface area contributed by atoms with Gasteiger partial charge in [-0.25, -0.2) is 22.5 Å². The van der Waals surface area contributed by atoms with Crippen LogP contribution in [0.2, 0.25) is 0 Å². The molecule has 1 heterocycles. The maximum absolute atomic E-state index is 13.2. The van der Waals surface area contributed by atoms with Crippen molar-refractivity contribution in [2.45, 2.75) is 32.2 Å². The van der Waals surface area contributed by atoms with Gasteiger partial charge in [0.2, 0.25) is 10.0 Å². The Bertz CT molecular complexity index is 716. The third-order valence-corrected chi connectivity index (χ3v) is 5.60. The van der Waals surface area contributed by atoms with Crippen molar-refractivity contribution in [1.29, 1.82) is 0 Å². The summed E-state index contributed by atoms with van der Waals surface area (Å²) in [6.07, 6.45) is 0. The molecule has 1 aromatic heterocycles. The van der Waals surface area contributed by atoms with Gasteiger partial charge >= 0.3 is 0 Å². The molecule has 0 amide bonds. The van der Waals surface area contributed by atoms with Crippen LogP contribution in [0.15, 0.2) is 22.5 Å². The molecule has 1 N–H and O–H groups in total. The Labute approximate surface area is 121 Å². The summed E-state index contributed by atoms with van der Waals surface area (Å²) in [5, 5.41) is 0. The van der Waals surface area contributed by atoms with Crippen molar-refractivity contribution in [2.75, 3.05) is 0 Å². The Balaban J connectivity index is 2.30. The Morgan fingerprint density at radius 1 is 1.25 bits per heavy atom. The second-order valence-corrected chi connectivity index (χ2v) is 7.20. The molecule has 7 heteroatoms. The van der Waals surface area contributed by atoms with Crippen molar-refractivity contribution < 1.29 is 12.8 Å². The molecule has 0 saturated carbocycles. The van der Waals surface area contributed by atoms with Gasteiger partial charge in [0.15, 0.2) is 0 Å². The number of nitrogens with zero attached hydrogens (tertiary/aromatic N) is 1. The minimum Gasteiger partial charge on any atom is -0.250 e. The molecule has 0 unspecified atom stereocenters. The van der Waals surface area contributed by atoms with E-state index in [1.165, 1.54) is 23.5 Å². The summed E-state index contributed by atoms with van der Waals surface area (Å²) >= 11 is 1.40. The van der Waals surface area contributed by atoms with Crippen LogP contribution in [0.4, 0.5) is 4.39 Å². The molecule has 0 fully saturated rings. The van der Waals surface area contributed by atoms with Crippen molar-refractivity contribution in [3.63, 3.8) is 0 Å². The van der Waals surface area contributed by atoms with E-state index in [0.717, 1.165) is 10.6 Å². The second kappa shape index (κ2) is 5.59. The lowest BCUT2D eigenvalue weighted by Gasteiger charge is -2.12. The average Bonchev–Trinajstić information content (AvgIpc) is 2.70. The monoisotopic (exact) mass is 314 g/mol. The number of benzene rings is 1. The predicted octanol–water partition coefficient (Wildman–Crippen LogP) is 2.69. The SMILES string of the molecule is Cc1cc(F)cc(C)c1S(=O)(=O)NCc1scnc1C. The van der Waals surface area contributed by atoms with Crippen LogP contribution in [0.3, 0.4) is 0 Å². The van der Waals surface area contributed by atoms with Crippen molar-refractivity contribution in [1.82, 2.24) is 9.71 Å². The first-order chi connectivity index (χ1) is 9.31. The van der Waals surface area contributed by atoms with Crippen LogP contribution in [0.1, 0.15) is 21.7 Å². The number of hydrogen-bond acceptors (Lipinski definition) is 4. The summed E-state index contributed by atoms with van der Waals surface area (Å²) in [7, 11) is -3.67. The average molecular weight is 314 g/mol. The maximum atomic E-state index is 13.2. The number of rotatable bonds is 4. The fourth-order valence-electron chi connectivity index (χ4n) is 2.05. The van der Waals surface area contributed by atoms with Crippen LogP contribution in [-0.2, 0) is 16.6 Å². The van der Waals surface area contributed by atoms with E-state index in [2.05, 4.69) is 9.71 Å². The van der Waals surface area contributed by atoms with E-state index in [-0.39, 0.29) is 11.4 Å². The van der Waals surface area contributed by atoms with Crippen LogP contribution in [-0.4, -0.2) is 13.4 Å². The molecule has 108 valence electrons. The summed E-state index contributed by atoms with van der Waals surface area (Å²) in [6, 6.07) is 2.44. The minimum atomic E-state index is -3.67. The molecule has 4 nitrogen and oxygen atoms in total. The van der Waals surface area contributed by atoms with Crippen LogP contribution in [0.25, 0.3) is 0 Å². The van der Waals surface area contributed by atoms with Crippen LogP contribution >= 0.6 is 11.3 Å². The first-order valence-electron chi connectivity index (χ1n) is 5.96. The largest absolute Gasteiger partial charge is 0.250 e. The Morgan fingerprint density at radius 2 is 1.85 bits per heavy atom. The topological polar surface area (TPSA) is 59.1 Å². The fraction of sp³-hybridized carbons (Fsp3) is 0.308. The lowest BCUT2D eigenvalue weighted by atomic mass is 10.1. The summed E-state index contributed by atoms with van der Waals surface area (Å²) in [4.78, 5) is 5.08. The van der Waals surface area contributed by atoms with Crippen molar-refractivity contribution in [3.8, 4) is 0 Å². The van der Waals surface area contributed by atoms with E-state index in [9.17, 15) is 12.8 Å². The molecular formula is C13H15FN2O2S2. The van der Waals surface area contributed by atoms with Gasteiger partial charge < -0.3 is 0 Å². The first kappa shape index (κ1) is 15.1. The molecule has 2 rings (SSSR count). The number of hydrogen-bond donors (Lipinski definition) is 1. The van der Waals surface area contributed by atoms with Gasteiger partial charge in [-0.1, -0.05) is 0 Å². The third kappa shape index (κ3) is 3.05. The second-order valence-electron chi connectivity index (χ2n) is 4.55. The van der Waals surface area contributed by atoms with E-state index in [1.807, 2.05) is 6.92 Å². The van der Waals surface area contributed by atoms with Gasteiger partial charge in [0.05, 0.1) is 16.1 Å². The standard InChI is InChI=1S/C13H15FN2O2S2/c1-8-4-11(14)5-9(2)13(8)20(17,18)16-6-12-10(3)15-7-19-12/h4-5,7,16H,6H2,1-3H3. The number of aromatic nitrogens is 1. The molecule has 0 spiro atoms. The Kier molecular flexibility index (Phi) is 4.22. The molecule has 0 aliphatic carbocycles. The zero-order valence-electron chi connectivity index (χ0n) is 11.4. The quantitative estimate of drug-likeness (QED) is 0.944. The van der Waals surface area contributed by atoms with Gasteiger partial charge in [0.25, 0.3) is 0 Å². The van der Waals surface area contributed by atoms with Gasteiger partial charge in [-0.2, -0.15) is 0 Å². The van der Waals surface area contributed by atoms with Crippen molar-refractivity contribution in [2.24, 2.45) is 0 Å². The molecule has 0 atom stereocenters. The number of nitrogens with one attached hydrogen (secondary N) is 1. The molecule has 0 radical (unpaired) electrons. The number of sulfonamides is 1. The zero-order valence-corrected chi connectivity index (χ0v) is 13.0. The maximum Gasteiger partial charge on any atom is 0.241 e. The molecule has 0 aliphatic heterocycles. The van der Waals surface area contributed by atoms with Crippen LogP contribution < -0.4 is 4.72 Å². The van der Waals surface area contributed by atoms with Crippen molar-refractivity contribution in [3.05, 3.63) is 45.2 Å².